The van der Waals surface area contributed by atoms with Crippen molar-refractivity contribution in [2.24, 2.45) is 0 Å². The first-order valence-electron chi connectivity index (χ1n) is 6.55. The average molecular weight is 264 g/mol. The molecule has 5 heteroatoms. The molecule has 104 valence electrons. The van der Waals surface area contributed by atoms with Crippen LogP contribution in [0.3, 0.4) is 0 Å². The summed E-state index contributed by atoms with van der Waals surface area (Å²) in [4.78, 5) is 0. The van der Waals surface area contributed by atoms with Crippen LogP contribution in [0.1, 0.15) is 6.92 Å². The van der Waals surface area contributed by atoms with Crippen LogP contribution >= 0.6 is 10.0 Å². The fourth-order valence-corrected chi connectivity index (χ4v) is 3.46. The quantitative estimate of drug-likeness (QED) is 0.401. The Kier molecular flexibility index (Phi) is 8.22. The van der Waals surface area contributed by atoms with E-state index in [0.717, 1.165) is 32.8 Å². The zero-order valence-electron chi connectivity index (χ0n) is 11.3. The molecule has 0 unspecified atom stereocenters. The minimum atomic E-state index is -0.183. The highest BCUT2D eigenvalue weighted by Crippen LogP contribution is 2.56. The number of hydrogen-bond donors (Lipinski definition) is 2. The summed E-state index contributed by atoms with van der Waals surface area (Å²) in [5, 5.41) is 6.68. The van der Waals surface area contributed by atoms with Crippen molar-refractivity contribution in [3.05, 3.63) is 0 Å². The Morgan fingerprint density at radius 2 is 1.53 bits per heavy atom. The van der Waals surface area contributed by atoms with Crippen molar-refractivity contribution in [2.75, 3.05) is 69.7 Å². The Balaban J connectivity index is 1.67. The van der Waals surface area contributed by atoms with Gasteiger partial charge in [0.1, 0.15) is 0 Å². The number of nitrogens with one attached hydrogen (secondary N) is 2. The van der Waals surface area contributed by atoms with E-state index in [0.29, 0.717) is 13.2 Å². The van der Waals surface area contributed by atoms with Gasteiger partial charge in [-0.05, 0) is 24.3 Å². The fourth-order valence-electron chi connectivity index (χ4n) is 1.39. The molecule has 0 spiro atoms. The molecule has 0 amide bonds. The van der Waals surface area contributed by atoms with Gasteiger partial charge < -0.3 is 20.1 Å². The van der Waals surface area contributed by atoms with Crippen LogP contribution in [0.5, 0.6) is 0 Å². The molecule has 1 heterocycles. The van der Waals surface area contributed by atoms with Gasteiger partial charge in [-0.25, -0.2) is 10.0 Å². The molecule has 0 radical (unpaired) electrons. The van der Waals surface area contributed by atoms with Crippen molar-refractivity contribution in [2.45, 2.75) is 6.92 Å². The zero-order chi connectivity index (χ0) is 12.4. The van der Waals surface area contributed by atoms with Gasteiger partial charge in [0.2, 0.25) is 0 Å². The second-order valence-corrected chi connectivity index (χ2v) is 8.67. The smallest absolute Gasteiger partial charge is 0.0701 e. The van der Waals surface area contributed by atoms with Crippen molar-refractivity contribution in [1.29, 1.82) is 0 Å². The molecule has 0 atom stereocenters. The van der Waals surface area contributed by atoms with Crippen molar-refractivity contribution in [3.8, 4) is 0 Å². The molecular formula is C12H28N2O2S. The summed E-state index contributed by atoms with van der Waals surface area (Å²) < 4.78 is 10.9. The van der Waals surface area contributed by atoms with E-state index < -0.39 is 0 Å². The molecule has 1 fully saturated rings. The standard InChI is InChI=1S/C12H28N2O2S/c1-3-13-4-6-15-8-9-16-7-5-14-12-17(2)10-11-17/h13-14H,3-12H2,1-2H3. The fraction of sp³-hybridized carbons (Fsp3) is 1.00. The van der Waals surface area contributed by atoms with Crippen LogP contribution in [-0.2, 0) is 9.47 Å². The first-order valence-corrected chi connectivity index (χ1v) is 9.10. The number of hydrogen-bond acceptors (Lipinski definition) is 4. The molecule has 1 rings (SSSR count). The molecule has 1 aliphatic rings. The summed E-state index contributed by atoms with van der Waals surface area (Å²) in [5.41, 5.74) is 0. The molecule has 1 aliphatic heterocycles. The van der Waals surface area contributed by atoms with Gasteiger partial charge in [-0.3, -0.25) is 0 Å². The van der Waals surface area contributed by atoms with Crippen molar-refractivity contribution in [1.82, 2.24) is 10.6 Å². The van der Waals surface area contributed by atoms with Crippen LogP contribution in [0.4, 0.5) is 0 Å². The minimum absolute atomic E-state index is 0.183. The SMILES string of the molecule is CCNCCOCCOCCNCS1(C)CC1. The monoisotopic (exact) mass is 264 g/mol. The largest absolute Gasteiger partial charge is 0.378 e. The zero-order valence-corrected chi connectivity index (χ0v) is 12.1. The highest BCUT2D eigenvalue weighted by molar-refractivity contribution is 8.38. The highest BCUT2D eigenvalue weighted by atomic mass is 32.3. The van der Waals surface area contributed by atoms with Crippen LogP contribution in [0.15, 0.2) is 0 Å². The molecule has 0 aromatic heterocycles. The highest BCUT2D eigenvalue weighted by Gasteiger charge is 2.30. The Morgan fingerprint density at radius 1 is 0.941 bits per heavy atom. The number of ether oxygens (including phenoxy) is 2. The number of rotatable bonds is 12. The average Bonchev–Trinajstić information content (AvgIpc) is 3.05. The van der Waals surface area contributed by atoms with Gasteiger partial charge in [0.25, 0.3) is 0 Å². The van der Waals surface area contributed by atoms with Gasteiger partial charge in [0.15, 0.2) is 0 Å². The van der Waals surface area contributed by atoms with Gasteiger partial charge in [-0.1, -0.05) is 6.92 Å². The summed E-state index contributed by atoms with van der Waals surface area (Å²) in [7, 11) is -0.183. The van der Waals surface area contributed by atoms with Gasteiger partial charge in [-0.2, -0.15) is 0 Å². The van der Waals surface area contributed by atoms with E-state index in [1.54, 1.807) is 0 Å². The lowest BCUT2D eigenvalue weighted by Gasteiger charge is -2.14. The van der Waals surface area contributed by atoms with Crippen molar-refractivity contribution >= 4 is 10.0 Å². The van der Waals surface area contributed by atoms with E-state index in [1.165, 1.54) is 17.4 Å². The summed E-state index contributed by atoms with van der Waals surface area (Å²) in [5.74, 6) is 4.14. The molecule has 0 aromatic rings. The van der Waals surface area contributed by atoms with E-state index in [4.69, 9.17) is 9.47 Å². The lowest BCUT2D eigenvalue weighted by atomic mass is 10.6. The van der Waals surface area contributed by atoms with E-state index in [-0.39, 0.29) is 10.0 Å². The Bertz CT molecular complexity index is 189. The number of likely N-dealkylation sites (N-methyl/N-ethyl adjacent to an activating group) is 1. The first kappa shape index (κ1) is 15.2. The lowest BCUT2D eigenvalue weighted by Crippen LogP contribution is -2.23. The molecule has 17 heavy (non-hydrogen) atoms. The van der Waals surface area contributed by atoms with E-state index in [1.807, 2.05) is 0 Å². The maximum absolute atomic E-state index is 5.48. The lowest BCUT2D eigenvalue weighted by molar-refractivity contribution is 0.0504. The van der Waals surface area contributed by atoms with Crippen LogP contribution in [-0.4, -0.2) is 69.7 Å². The molecular weight excluding hydrogens is 236 g/mol. The first-order chi connectivity index (χ1) is 8.27. The maximum Gasteiger partial charge on any atom is 0.0701 e. The second kappa shape index (κ2) is 9.16. The predicted molar refractivity (Wildman–Crippen MR) is 76.3 cm³/mol. The topological polar surface area (TPSA) is 42.5 Å². The molecule has 0 aromatic carbocycles. The normalized spacial score (nSPS) is 19.2. The molecule has 4 nitrogen and oxygen atoms in total. The second-order valence-electron chi connectivity index (χ2n) is 4.61. The Morgan fingerprint density at radius 3 is 2.06 bits per heavy atom. The van der Waals surface area contributed by atoms with Crippen LogP contribution in [0, 0.1) is 0 Å². The molecule has 0 bridgehead atoms. The van der Waals surface area contributed by atoms with Crippen LogP contribution in [0.25, 0.3) is 0 Å². The van der Waals surface area contributed by atoms with Gasteiger partial charge in [0, 0.05) is 19.0 Å². The summed E-state index contributed by atoms with van der Waals surface area (Å²) >= 11 is 0. The van der Waals surface area contributed by atoms with Crippen molar-refractivity contribution < 1.29 is 9.47 Å². The van der Waals surface area contributed by atoms with Crippen LogP contribution in [0.2, 0.25) is 0 Å². The summed E-state index contributed by atoms with van der Waals surface area (Å²) in [6.07, 6.45) is 2.42. The third-order valence-electron chi connectivity index (χ3n) is 2.82. The van der Waals surface area contributed by atoms with Gasteiger partial charge in [-0.15, -0.1) is 0 Å². The van der Waals surface area contributed by atoms with Crippen molar-refractivity contribution in [3.63, 3.8) is 0 Å². The van der Waals surface area contributed by atoms with E-state index in [9.17, 15) is 0 Å². The molecule has 2 N–H and O–H groups in total. The predicted octanol–water partition coefficient (Wildman–Crippen LogP) is 0.624. The summed E-state index contributed by atoms with van der Waals surface area (Å²) in [6, 6.07) is 0. The van der Waals surface area contributed by atoms with Gasteiger partial charge in [0.05, 0.1) is 26.4 Å². The maximum atomic E-state index is 5.48. The molecule has 0 saturated carbocycles. The van der Waals surface area contributed by atoms with Crippen LogP contribution < -0.4 is 10.6 Å². The minimum Gasteiger partial charge on any atom is -0.378 e. The third-order valence-corrected chi connectivity index (χ3v) is 5.52. The van der Waals surface area contributed by atoms with E-state index >= 15 is 0 Å². The Labute approximate surface area is 107 Å². The third kappa shape index (κ3) is 8.85. The molecule has 1 saturated heterocycles. The summed E-state index contributed by atoms with van der Waals surface area (Å²) in [6.45, 7) is 7.99. The van der Waals surface area contributed by atoms with E-state index in [2.05, 4.69) is 23.8 Å². The van der Waals surface area contributed by atoms with Gasteiger partial charge >= 0.3 is 0 Å². The molecule has 0 aliphatic carbocycles. The Hall–Kier alpha value is 0.190.